The van der Waals surface area contributed by atoms with Crippen LogP contribution in [-0.4, -0.2) is 60.2 Å². The van der Waals surface area contributed by atoms with Gasteiger partial charge in [0, 0.05) is 6.54 Å². The van der Waals surface area contributed by atoms with E-state index in [1.165, 1.54) is 6.08 Å². The number of esters is 2. The third-order valence-electron chi connectivity index (χ3n) is 3.26. The summed E-state index contributed by atoms with van der Waals surface area (Å²) in [5, 5.41) is 2.67. The number of nitrogens with zero attached hydrogens (tertiary/aromatic N) is 2. The topological polar surface area (TPSA) is 102 Å². The Morgan fingerprint density at radius 1 is 1.39 bits per heavy atom. The van der Waals surface area contributed by atoms with Crippen molar-refractivity contribution in [1.82, 2.24) is 10.0 Å². The van der Waals surface area contributed by atoms with Crippen LogP contribution >= 0.6 is 12.4 Å². The Bertz CT molecular complexity index is 549. The number of hydrogen-bond acceptors (Lipinski definition) is 7. The normalized spacial score (nSPS) is 20.2. The van der Waals surface area contributed by atoms with Crippen molar-refractivity contribution < 1.29 is 23.9 Å². The number of fused-ring (bicyclic) bond motifs is 1. The van der Waals surface area contributed by atoms with Crippen LogP contribution in [0.25, 0.3) is 0 Å². The molecule has 0 unspecified atom stereocenters. The molecule has 0 aliphatic carbocycles. The quantitative estimate of drug-likeness (QED) is 0.523. The molecule has 0 bridgehead atoms. The van der Waals surface area contributed by atoms with Crippen molar-refractivity contribution in [3.63, 3.8) is 0 Å². The molecule has 2 heterocycles. The van der Waals surface area contributed by atoms with Crippen molar-refractivity contribution in [1.29, 1.82) is 0 Å². The Kier molecular flexibility index (Phi) is 6.74. The molecule has 2 aliphatic rings. The molecule has 0 spiro atoms. The van der Waals surface area contributed by atoms with Crippen molar-refractivity contribution in [3.8, 4) is 0 Å². The number of carbonyl (C=O) groups is 3. The first-order chi connectivity index (χ1) is 10.5. The molecule has 23 heavy (non-hydrogen) atoms. The molecule has 2 aliphatic heterocycles. The monoisotopic (exact) mass is 345 g/mol. The van der Waals surface area contributed by atoms with E-state index >= 15 is 0 Å². The second-order valence-electron chi connectivity index (χ2n) is 4.95. The van der Waals surface area contributed by atoms with Crippen LogP contribution in [0.1, 0.15) is 13.3 Å². The fourth-order valence-electron chi connectivity index (χ4n) is 2.31. The number of amides is 1. The van der Waals surface area contributed by atoms with Gasteiger partial charge in [-0.25, -0.2) is 19.6 Å². The molecule has 9 heteroatoms. The zero-order valence-corrected chi connectivity index (χ0v) is 13.6. The Labute approximate surface area is 140 Å². The Balaban J connectivity index is 0.00000264. The number of rotatable bonds is 6. The van der Waals surface area contributed by atoms with E-state index < -0.39 is 23.9 Å². The smallest absolute Gasteiger partial charge is 0.357 e. The van der Waals surface area contributed by atoms with Crippen LogP contribution in [0.2, 0.25) is 0 Å². The molecular weight excluding hydrogens is 326 g/mol. The van der Waals surface area contributed by atoms with Crippen molar-refractivity contribution in [2.75, 3.05) is 26.3 Å². The third-order valence-corrected chi connectivity index (χ3v) is 3.26. The van der Waals surface area contributed by atoms with Gasteiger partial charge in [0.1, 0.15) is 12.6 Å². The van der Waals surface area contributed by atoms with E-state index in [4.69, 9.17) is 15.2 Å². The summed E-state index contributed by atoms with van der Waals surface area (Å²) >= 11 is 0. The van der Waals surface area contributed by atoms with Gasteiger partial charge in [-0.2, -0.15) is 0 Å². The van der Waals surface area contributed by atoms with Gasteiger partial charge in [0.25, 0.3) is 5.91 Å². The third kappa shape index (κ3) is 3.72. The van der Waals surface area contributed by atoms with Gasteiger partial charge in [-0.3, -0.25) is 4.79 Å². The predicted octanol–water partition coefficient (Wildman–Crippen LogP) is -0.255. The van der Waals surface area contributed by atoms with E-state index in [0.717, 1.165) is 5.01 Å². The van der Waals surface area contributed by atoms with Gasteiger partial charge < -0.3 is 15.2 Å². The minimum atomic E-state index is -0.770. The lowest BCUT2D eigenvalue weighted by Crippen LogP contribution is -2.38. The molecule has 0 aromatic heterocycles. The van der Waals surface area contributed by atoms with E-state index in [1.54, 1.807) is 5.01 Å². The van der Waals surface area contributed by atoms with E-state index in [-0.39, 0.29) is 50.0 Å². The van der Waals surface area contributed by atoms with Crippen LogP contribution in [0.15, 0.2) is 23.9 Å². The van der Waals surface area contributed by atoms with Crippen molar-refractivity contribution in [2.45, 2.75) is 19.4 Å². The van der Waals surface area contributed by atoms with Gasteiger partial charge >= 0.3 is 11.9 Å². The molecule has 2 N–H and O–H groups in total. The Hall–Kier alpha value is -1.90. The van der Waals surface area contributed by atoms with Crippen molar-refractivity contribution >= 4 is 30.3 Å². The lowest BCUT2D eigenvalue weighted by Gasteiger charge is -2.20. The fraction of sp³-hybridized carbons (Fsp3) is 0.500. The van der Waals surface area contributed by atoms with Gasteiger partial charge in [-0.1, -0.05) is 19.6 Å². The van der Waals surface area contributed by atoms with Crippen LogP contribution in [-0.2, 0) is 23.9 Å². The number of ether oxygens (including phenoxy) is 2. The maximum atomic E-state index is 12.2. The largest absolute Gasteiger partial charge is 0.462 e. The first-order valence-electron chi connectivity index (χ1n) is 7.04. The number of carbonyl (C=O) groups excluding carboxylic acids is 3. The average molecular weight is 346 g/mol. The first kappa shape index (κ1) is 19.1. The zero-order valence-electron chi connectivity index (χ0n) is 12.8. The highest BCUT2D eigenvalue weighted by atomic mass is 35.5. The average Bonchev–Trinajstić information content (AvgIpc) is 3.00. The second-order valence-corrected chi connectivity index (χ2v) is 4.95. The molecule has 1 amide bonds. The van der Waals surface area contributed by atoms with Gasteiger partial charge in [-0.15, -0.1) is 12.4 Å². The standard InChI is InChI=1S/C14H19N3O5.ClH/c1-3-5-21-13(19)9-7-16-8-10(15)12(18)17(16)11(9)14(20)22-6-4-2;/h4,10H,2-3,5-8,15H2,1H3;1H/t10-;/m1./s1. The first-order valence-corrected chi connectivity index (χ1v) is 7.04. The van der Waals surface area contributed by atoms with Crippen molar-refractivity contribution in [3.05, 3.63) is 23.9 Å². The summed E-state index contributed by atoms with van der Waals surface area (Å²) in [6.07, 6.45) is 2.06. The summed E-state index contributed by atoms with van der Waals surface area (Å²) in [5.74, 6) is -1.83. The molecule has 1 saturated heterocycles. The molecule has 8 nitrogen and oxygen atoms in total. The summed E-state index contributed by atoms with van der Waals surface area (Å²) in [6, 6.07) is -0.726. The van der Waals surface area contributed by atoms with Crippen LogP contribution in [0.4, 0.5) is 0 Å². The van der Waals surface area contributed by atoms with Crippen molar-refractivity contribution in [2.24, 2.45) is 5.73 Å². The molecule has 2 rings (SSSR count). The minimum absolute atomic E-state index is 0. The highest BCUT2D eigenvalue weighted by molar-refractivity contribution is 6.05. The lowest BCUT2D eigenvalue weighted by molar-refractivity contribution is -0.146. The zero-order chi connectivity index (χ0) is 16.3. The van der Waals surface area contributed by atoms with Crippen LogP contribution in [0.3, 0.4) is 0 Å². The van der Waals surface area contributed by atoms with Crippen LogP contribution in [0, 0.1) is 0 Å². The van der Waals surface area contributed by atoms with Gasteiger partial charge in [0.05, 0.1) is 18.7 Å². The van der Waals surface area contributed by atoms with Crippen LogP contribution in [0.5, 0.6) is 0 Å². The summed E-state index contributed by atoms with van der Waals surface area (Å²) in [5.41, 5.74) is 5.70. The van der Waals surface area contributed by atoms with Crippen LogP contribution < -0.4 is 5.73 Å². The van der Waals surface area contributed by atoms with Gasteiger partial charge in [-0.05, 0) is 6.42 Å². The summed E-state index contributed by atoms with van der Waals surface area (Å²) in [4.78, 5) is 36.4. The molecule has 1 atom stereocenters. The lowest BCUT2D eigenvalue weighted by atomic mass is 10.2. The number of halogens is 1. The van der Waals surface area contributed by atoms with Gasteiger partial charge in [0.2, 0.25) is 0 Å². The molecule has 0 saturated carbocycles. The van der Waals surface area contributed by atoms with Gasteiger partial charge in [0.15, 0.2) is 5.70 Å². The summed E-state index contributed by atoms with van der Waals surface area (Å²) < 4.78 is 10.0. The molecular formula is C14H20ClN3O5. The number of hydrazine groups is 1. The molecule has 0 aromatic rings. The van der Waals surface area contributed by atoms with E-state index in [0.29, 0.717) is 6.42 Å². The fourth-order valence-corrected chi connectivity index (χ4v) is 2.31. The van der Waals surface area contributed by atoms with E-state index in [1.807, 2.05) is 6.92 Å². The Morgan fingerprint density at radius 2 is 2.09 bits per heavy atom. The molecule has 128 valence electrons. The number of nitrogens with two attached hydrogens (primary N) is 1. The minimum Gasteiger partial charge on any atom is -0.462 e. The highest BCUT2D eigenvalue weighted by Gasteiger charge is 2.48. The van der Waals surface area contributed by atoms with E-state index in [9.17, 15) is 14.4 Å². The maximum absolute atomic E-state index is 12.2. The molecule has 1 fully saturated rings. The predicted molar refractivity (Wildman–Crippen MR) is 83.1 cm³/mol. The number of hydrogen-bond donors (Lipinski definition) is 1. The van der Waals surface area contributed by atoms with E-state index in [2.05, 4.69) is 6.58 Å². The Morgan fingerprint density at radius 3 is 2.70 bits per heavy atom. The molecule has 0 aromatic carbocycles. The second kappa shape index (κ2) is 8.09. The SMILES string of the molecule is C=CCOC(=O)C1=C(C(=O)OCCC)CN2C[C@@H](N)C(=O)N12.Cl. The molecule has 0 radical (unpaired) electrons. The summed E-state index contributed by atoms with van der Waals surface area (Å²) in [7, 11) is 0. The highest BCUT2D eigenvalue weighted by Crippen LogP contribution is 2.30. The summed E-state index contributed by atoms with van der Waals surface area (Å²) in [6.45, 7) is 5.87. The maximum Gasteiger partial charge on any atom is 0.357 e.